The van der Waals surface area contributed by atoms with Crippen LogP contribution in [0, 0.1) is 6.92 Å². The lowest BCUT2D eigenvalue weighted by Crippen LogP contribution is -2.48. The molecule has 0 bridgehead atoms. The van der Waals surface area contributed by atoms with Gasteiger partial charge in [-0.25, -0.2) is 24.6 Å². The smallest absolute Gasteiger partial charge is 0.336 e. The van der Waals surface area contributed by atoms with Crippen molar-refractivity contribution in [3.05, 3.63) is 88.5 Å². The average molecular weight is 614 g/mol. The van der Waals surface area contributed by atoms with E-state index in [0.717, 1.165) is 54.3 Å². The fourth-order valence-electron chi connectivity index (χ4n) is 5.84. The molecule has 6 rings (SSSR count). The highest BCUT2D eigenvalue weighted by molar-refractivity contribution is 6.34. The van der Waals surface area contributed by atoms with Gasteiger partial charge in [-0.3, -0.25) is 4.90 Å². The molecule has 11 heteroatoms. The van der Waals surface area contributed by atoms with E-state index in [1.165, 1.54) is 4.90 Å². The van der Waals surface area contributed by atoms with Crippen LogP contribution in [0.1, 0.15) is 35.5 Å². The predicted octanol–water partition coefficient (Wildman–Crippen LogP) is 6.03. The molecule has 2 amide bonds. The number of ether oxygens (including phenoxy) is 2. The molecule has 1 unspecified atom stereocenters. The summed E-state index contributed by atoms with van der Waals surface area (Å²) >= 11 is 6.67. The minimum absolute atomic E-state index is 0.308. The highest BCUT2D eigenvalue weighted by atomic mass is 35.5. The number of para-hydroxylation sites is 1. The Morgan fingerprint density at radius 3 is 2.45 bits per heavy atom. The van der Waals surface area contributed by atoms with E-state index in [1.807, 2.05) is 26.0 Å². The number of likely N-dealkylation sites (N-methyl/N-ethyl adjacent to an activating group) is 1. The number of rotatable bonds is 7. The number of fused-ring (bicyclic) bond motifs is 1. The third-order valence-corrected chi connectivity index (χ3v) is 8.70. The fourth-order valence-corrected chi connectivity index (χ4v) is 6.15. The van der Waals surface area contributed by atoms with Crippen molar-refractivity contribution in [2.75, 3.05) is 62.1 Å². The summed E-state index contributed by atoms with van der Waals surface area (Å²) in [7, 11) is 5.41. The zero-order chi connectivity index (χ0) is 31.0. The number of benzene rings is 2. The summed E-state index contributed by atoms with van der Waals surface area (Å²) in [5, 5.41) is 0.487. The molecule has 1 atom stereocenters. The number of halogens is 1. The van der Waals surface area contributed by atoms with Crippen LogP contribution in [-0.4, -0.2) is 73.3 Å². The number of hydrogen-bond acceptors (Lipinski definition) is 8. The molecule has 0 saturated carbocycles. The second-order valence-corrected chi connectivity index (χ2v) is 11.6. The quantitative estimate of drug-likeness (QED) is 0.250. The summed E-state index contributed by atoms with van der Waals surface area (Å²) in [5.41, 5.74) is 4.40. The second-order valence-electron chi connectivity index (χ2n) is 11.2. The topological polar surface area (TPSA) is 87.2 Å². The number of urea groups is 1. The maximum atomic E-state index is 14.4. The van der Waals surface area contributed by atoms with Crippen LogP contribution in [0.3, 0.4) is 0 Å². The number of carbonyl (C=O) groups excluding carboxylic acids is 1. The molecule has 2 aromatic heterocycles. The molecule has 4 aromatic rings. The molecule has 1 saturated heterocycles. The highest BCUT2D eigenvalue weighted by Crippen LogP contribution is 2.44. The maximum Gasteiger partial charge on any atom is 0.336 e. The lowest BCUT2D eigenvalue weighted by atomic mass is 10.0. The number of hydrogen-bond donors (Lipinski definition) is 0. The Bertz CT molecular complexity index is 1650. The van der Waals surface area contributed by atoms with Crippen LogP contribution in [0.2, 0.25) is 5.02 Å². The Morgan fingerprint density at radius 2 is 1.77 bits per heavy atom. The van der Waals surface area contributed by atoms with E-state index in [9.17, 15) is 4.79 Å². The number of nitrogens with zero attached hydrogens (tertiary/aromatic N) is 7. The van der Waals surface area contributed by atoms with Crippen molar-refractivity contribution < 1.29 is 14.3 Å². The number of piperazine rings is 1. The molecular weight excluding hydrogens is 578 g/mol. The molecule has 1 fully saturated rings. The van der Waals surface area contributed by atoms with Crippen LogP contribution >= 0.6 is 11.6 Å². The molecule has 2 aromatic carbocycles. The van der Waals surface area contributed by atoms with Crippen LogP contribution in [0.15, 0.2) is 60.9 Å². The number of pyridine rings is 1. The van der Waals surface area contributed by atoms with Gasteiger partial charge in [-0.1, -0.05) is 29.8 Å². The zero-order valence-electron chi connectivity index (χ0n) is 25.6. The van der Waals surface area contributed by atoms with Gasteiger partial charge in [0, 0.05) is 61.7 Å². The van der Waals surface area contributed by atoms with Crippen molar-refractivity contribution in [2.45, 2.75) is 26.3 Å². The minimum atomic E-state index is -0.378. The first kappa shape index (κ1) is 29.7. The number of aryl methyl sites for hydroxylation is 1. The first-order valence-corrected chi connectivity index (χ1v) is 15.0. The monoisotopic (exact) mass is 613 g/mol. The van der Waals surface area contributed by atoms with Gasteiger partial charge in [0.1, 0.15) is 23.1 Å². The van der Waals surface area contributed by atoms with E-state index in [4.69, 9.17) is 31.0 Å². The number of methoxy groups -OCH3 is 2. The van der Waals surface area contributed by atoms with Gasteiger partial charge in [0.2, 0.25) is 0 Å². The molecule has 0 N–H and O–H groups in total. The molecule has 228 valence electrons. The van der Waals surface area contributed by atoms with E-state index in [-0.39, 0.29) is 12.1 Å². The van der Waals surface area contributed by atoms with E-state index >= 15 is 0 Å². The highest BCUT2D eigenvalue weighted by Gasteiger charge is 2.40. The van der Waals surface area contributed by atoms with Gasteiger partial charge in [-0.15, -0.1) is 0 Å². The molecule has 10 nitrogen and oxygen atoms in total. The minimum Gasteiger partial charge on any atom is -0.496 e. The number of amides is 2. The maximum absolute atomic E-state index is 14.4. The lowest BCUT2D eigenvalue weighted by Gasteiger charge is -2.40. The van der Waals surface area contributed by atoms with Gasteiger partial charge >= 0.3 is 6.03 Å². The van der Waals surface area contributed by atoms with Crippen LogP contribution < -0.4 is 24.2 Å². The van der Waals surface area contributed by atoms with Crippen molar-refractivity contribution in [3.63, 3.8) is 0 Å². The number of aromatic nitrogens is 3. The summed E-state index contributed by atoms with van der Waals surface area (Å²) in [6.07, 6.45) is 3.81. The first-order valence-electron chi connectivity index (χ1n) is 14.6. The Kier molecular flexibility index (Phi) is 8.29. The molecule has 2 aliphatic heterocycles. The standard InChI is InChI=1S/C33H36ClN7O3/c1-21-7-6-8-27(34)31(21)40-22(2)26-20-35-29(37-32(26)41(33(40)42)30-12-11-25(43-4)19-36-30)17-23-9-10-24(18-28(23)44-5)39-15-13-38(3)14-16-39/h6-12,18-20,22H,13-17H2,1-5H3. The largest absolute Gasteiger partial charge is 0.496 e. The lowest BCUT2D eigenvalue weighted by molar-refractivity contribution is 0.250. The third kappa shape index (κ3) is 5.51. The van der Waals surface area contributed by atoms with Crippen molar-refractivity contribution in [1.82, 2.24) is 19.9 Å². The molecule has 44 heavy (non-hydrogen) atoms. The summed E-state index contributed by atoms with van der Waals surface area (Å²) in [6, 6.07) is 14.7. The summed E-state index contributed by atoms with van der Waals surface area (Å²) in [6.45, 7) is 7.89. The van der Waals surface area contributed by atoms with Gasteiger partial charge in [0.15, 0.2) is 5.82 Å². The van der Waals surface area contributed by atoms with Crippen molar-refractivity contribution in [1.29, 1.82) is 0 Å². The van der Waals surface area contributed by atoms with Crippen molar-refractivity contribution in [2.24, 2.45) is 0 Å². The summed E-state index contributed by atoms with van der Waals surface area (Å²) in [5.74, 6) is 2.83. The van der Waals surface area contributed by atoms with E-state index < -0.39 is 0 Å². The van der Waals surface area contributed by atoms with Gasteiger partial charge in [-0.05, 0) is 50.7 Å². The predicted molar refractivity (Wildman–Crippen MR) is 173 cm³/mol. The SMILES string of the molecule is COc1ccc(N2C(=O)N(c3c(C)cccc3Cl)C(C)c3cnc(Cc4ccc(N5CCN(C)CC5)cc4OC)nc32)nc1. The molecular formula is C33H36ClN7O3. The normalized spacial score (nSPS) is 17.1. The van der Waals surface area contributed by atoms with Crippen LogP contribution in [-0.2, 0) is 6.42 Å². The third-order valence-electron chi connectivity index (χ3n) is 8.39. The molecule has 0 radical (unpaired) electrons. The van der Waals surface area contributed by atoms with Crippen molar-refractivity contribution in [3.8, 4) is 11.5 Å². The van der Waals surface area contributed by atoms with Gasteiger partial charge in [0.25, 0.3) is 0 Å². The molecule has 4 heterocycles. The van der Waals surface area contributed by atoms with Crippen molar-refractivity contribution >= 4 is 40.6 Å². The number of carbonyl (C=O) groups is 1. The average Bonchev–Trinajstić information content (AvgIpc) is 3.03. The van der Waals surface area contributed by atoms with E-state index in [2.05, 4.69) is 40.0 Å². The summed E-state index contributed by atoms with van der Waals surface area (Å²) < 4.78 is 11.1. The summed E-state index contributed by atoms with van der Waals surface area (Å²) in [4.78, 5) is 36.6. The Labute approximate surface area is 262 Å². The first-order chi connectivity index (χ1) is 21.3. The Balaban J connectivity index is 1.39. The fraction of sp³-hybridized carbons (Fsp3) is 0.333. The molecule has 2 aliphatic rings. The van der Waals surface area contributed by atoms with E-state index in [0.29, 0.717) is 40.3 Å². The van der Waals surface area contributed by atoms with Crippen LogP contribution in [0.5, 0.6) is 11.5 Å². The van der Waals surface area contributed by atoms with Crippen LogP contribution in [0.4, 0.5) is 27.8 Å². The van der Waals surface area contributed by atoms with E-state index in [1.54, 1.807) is 49.7 Å². The molecule has 0 aliphatic carbocycles. The number of anilines is 4. The Hall–Kier alpha value is -4.41. The molecule has 0 spiro atoms. The zero-order valence-corrected chi connectivity index (χ0v) is 26.4. The van der Waals surface area contributed by atoms with Crippen LogP contribution in [0.25, 0.3) is 0 Å². The van der Waals surface area contributed by atoms with Gasteiger partial charge < -0.3 is 19.3 Å². The van der Waals surface area contributed by atoms with Gasteiger partial charge in [0.05, 0.1) is 37.2 Å². The second kappa shape index (κ2) is 12.3. The Morgan fingerprint density at radius 1 is 0.977 bits per heavy atom. The van der Waals surface area contributed by atoms with Gasteiger partial charge in [-0.2, -0.15) is 0 Å².